The zero-order valence-corrected chi connectivity index (χ0v) is 17.0. The van der Waals surface area contributed by atoms with Crippen LogP contribution in [0.4, 0.5) is 0 Å². The average molecular weight is 438 g/mol. The number of pyridine rings is 1. The van der Waals surface area contributed by atoms with Crippen molar-refractivity contribution in [1.82, 2.24) is 15.2 Å². The highest BCUT2D eigenvalue weighted by atomic mass is 127. The van der Waals surface area contributed by atoms with E-state index >= 15 is 0 Å². The summed E-state index contributed by atoms with van der Waals surface area (Å²) in [5.41, 5.74) is 3.85. The van der Waals surface area contributed by atoms with Crippen molar-refractivity contribution >= 4 is 29.9 Å². The molecule has 2 rings (SSSR count). The molecule has 0 unspecified atom stereocenters. The van der Waals surface area contributed by atoms with Gasteiger partial charge in [-0.1, -0.05) is 30.3 Å². The average Bonchev–Trinajstić information content (AvgIpc) is 2.57. The Morgan fingerprint density at radius 2 is 2.00 bits per heavy atom. The van der Waals surface area contributed by atoms with Crippen LogP contribution in [0, 0.1) is 6.92 Å². The SMILES string of the molecule is CCNC(=NCCc1cccnc1)N(C)Cc1ccccc1C.I. The maximum atomic E-state index is 4.74. The van der Waals surface area contributed by atoms with Crippen LogP contribution < -0.4 is 5.32 Å². The highest BCUT2D eigenvalue weighted by molar-refractivity contribution is 14.0. The third-order valence-corrected chi connectivity index (χ3v) is 3.75. The summed E-state index contributed by atoms with van der Waals surface area (Å²) in [6, 6.07) is 12.5. The van der Waals surface area contributed by atoms with Crippen molar-refractivity contribution in [1.29, 1.82) is 0 Å². The minimum absolute atomic E-state index is 0. The molecular weight excluding hydrogens is 411 g/mol. The Morgan fingerprint density at radius 3 is 2.67 bits per heavy atom. The summed E-state index contributed by atoms with van der Waals surface area (Å²) in [6.07, 6.45) is 4.60. The lowest BCUT2D eigenvalue weighted by Gasteiger charge is -2.23. The van der Waals surface area contributed by atoms with Crippen LogP contribution in [0.5, 0.6) is 0 Å². The molecule has 1 heterocycles. The molecule has 4 nitrogen and oxygen atoms in total. The van der Waals surface area contributed by atoms with Crippen LogP contribution in [-0.2, 0) is 13.0 Å². The predicted molar refractivity (Wildman–Crippen MR) is 112 cm³/mol. The normalized spacial score (nSPS) is 10.9. The fourth-order valence-corrected chi connectivity index (χ4v) is 2.42. The highest BCUT2D eigenvalue weighted by Gasteiger charge is 2.07. The van der Waals surface area contributed by atoms with E-state index in [0.29, 0.717) is 0 Å². The minimum atomic E-state index is 0. The highest BCUT2D eigenvalue weighted by Crippen LogP contribution is 2.09. The number of aryl methyl sites for hydroxylation is 1. The van der Waals surface area contributed by atoms with Crippen molar-refractivity contribution in [3.63, 3.8) is 0 Å². The Hall–Kier alpha value is -1.63. The molecule has 0 aliphatic heterocycles. The number of benzene rings is 1. The fraction of sp³-hybridized carbons (Fsp3) is 0.368. The lowest BCUT2D eigenvalue weighted by Crippen LogP contribution is -2.38. The first kappa shape index (κ1) is 20.4. The fourth-order valence-electron chi connectivity index (χ4n) is 2.42. The summed E-state index contributed by atoms with van der Waals surface area (Å²) in [7, 11) is 2.08. The quantitative estimate of drug-likeness (QED) is 0.425. The van der Waals surface area contributed by atoms with Gasteiger partial charge in [0.05, 0.1) is 0 Å². The molecule has 0 atom stereocenters. The first-order valence-corrected chi connectivity index (χ1v) is 8.13. The second-order valence-electron chi connectivity index (χ2n) is 5.63. The molecule has 5 heteroatoms. The molecule has 0 amide bonds. The summed E-state index contributed by atoms with van der Waals surface area (Å²) < 4.78 is 0. The van der Waals surface area contributed by atoms with Crippen LogP contribution in [0.15, 0.2) is 53.8 Å². The van der Waals surface area contributed by atoms with Gasteiger partial charge >= 0.3 is 0 Å². The zero-order valence-electron chi connectivity index (χ0n) is 14.7. The van der Waals surface area contributed by atoms with Gasteiger partial charge in [-0.25, -0.2) is 0 Å². The van der Waals surface area contributed by atoms with Gasteiger partial charge in [0.2, 0.25) is 0 Å². The van der Waals surface area contributed by atoms with Gasteiger partial charge in [-0.3, -0.25) is 9.98 Å². The number of rotatable bonds is 6. The molecule has 24 heavy (non-hydrogen) atoms. The summed E-state index contributed by atoms with van der Waals surface area (Å²) in [5, 5.41) is 3.37. The molecule has 0 radical (unpaired) electrons. The Labute approximate surface area is 162 Å². The first-order valence-electron chi connectivity index (χ1n) is 8.13. The number of nitrogens with one attached hydrogen (secondary N) is 1. The van der Waals surface area contributed by atoms with E-state index in [4.69, 9.17) is 4.99 Å². The van der Waals surface area contributed by atoms with E-state index in [9.17, 15) is 0 Å². The predicted octanol–water partition coefficient (Wildman–Crippen LogP) is 3.65. The second kappa shape index (κ2) is 11.0. The van der Waals surface area contributed by atoms with Crippen molar-refractivity contribution < 1.29 is 0 Å². The van der Waals surface area contributed by atoms with Gasteiger partial charge in [-0.2, -0.15) is 0 Å². The molecular formula is C19H27IN4. The van der Waals surface area contributed by atoms with Gasteiger partial charge in [0.1, 0.15) is 0 Å². The smallest absolute Gasteiger partial charge is 0.193 e. The zero-order chi connectivity index (χ0) is 16.5. The van der Waals surface area contributed by atoms with Gasteiger partial charge in [0, 0.05) is 39.1 Å². The van der Waals surface area contributed by atoms with E-state index < -0.39 is 0 Å². The monoisotopic (exact) mass is 438 g/mol. The van der Waals surface area contributed by atoms with Gasteiger partial charge in [-0.15, -0.1) is 24.0 Å². The standard InChI is InChI=1S/C19H26N4.HI/c1-4-21-19(22-13-11-17-9-7-12-20-14-17)23(3)15-18-10-6-5-8-16(18)2;/h5-10,12,14H,4,11,13,15H2,1-3H3,(H,21,22);1H. The second-order valence-corrected chi connectivity index (χ2v) is 5.63. The molecule has 1 aromatic carbocycles. The van der Waals surface area contributed by atoms with Crippen molar-refractivity contribution in [2.24, 2.45) is 4.99 Å². The van der Waals surface area contributed by atoms with Crippen molar-refractivity contribution in [3.8, 4) is 0 Å². The lowest BCUT2D eigenvalue weighted by molar-refractivity contribution is 0.476. The molecule has 130 valence electrons. The van der Waals surface area contributed by atoms with E-state index in [2.05, 4.69) is 66.4 Å². The third kappa shape index (κ3) is 6.47. The number of hydrogen-bond acceptors (Lipinski definition) is 2. The van der Waals surface area contributed by atoms with E-state index in [1.165, 1.54) is 16.7 Å². The number of hydrogen-bond donors (Lipinski definition) is 1. The molecule has 0 saturated carbocycles. The Bertz CT molecular complexity index is 628. The van der Waals surface area contributed by atoms with Crippen molar-refractivity contribution in [2.45, 2.75) is 26.8 Å². The topological polar surface area (TPSA) is 40.5 Å². The number of nitrogens with zero attached hydrogens (tertiary/aromatic N) is 3. The Balaban J connectivity index is 0.00000288. The molecule has 0 spiro atoms. The van der Waals surface area contributed by atoms with Crippen LogP contribution >= 0.6 is 24.0 Å². The Kier molecular flexibility index (Phi) is 9.37. The Morgan fingerprint density at radius 1 is 1.21 bits per heavy atom. The first-order chi connectivity index (χ1) is 11.2. The molecule has 2 aromatic rings. The largest absolute Gasteiger partial charge is 0.357 e. The van der Waals surface area contributed by atoms with Crippen LogP contribution in [-0.4, -0.2) is 36.0 Å². The molecule has 1 N–H and O–H groups in total. The molecule has 0 fully saturated rings. The summed E-state index contributed by atoms with van der Waals surface area (Å²) >= 11 is 0. The van der Waals surface area contributed by atoms with Crippen LogP contribution in [0.1, 0.15) is 23.6 Å². The maximum Gasteiger partial charge on any atom is 0.193 e. The molecule has 0 saturated heterocycles. The van der Waals surface area contributed by atoms with Gasteiger partial charge in [0.15, 0.2) is 5.96 Å². The summed E-state index contributed by atoms with van der Waals surface area (Å²) in [5.74, 6) is 0.944. The molecule has 1 aromatic heterocycles. The summed E-state index contributed by atoms with van der Waals surface area (Å²) in [6.45, 7) is 6.72. The molecule has 0 bridgehead atoms. The maximum absolute atomic E-state index is 4.74. The van der Waals surface area contributed by atoms with E-state index in [-0.39, 0.29) is 24.0 Å². The van der Waals surface area contributed by atoms with Crippen LogP contribution in [0.2, 0.25) is 0 Å². The van der Waals surface area contributed by atoms with Crippen LogP contribution in [0.3, 0.4) is 0 Å². The van der Waals surface area contributed by atoms with E-state index in [0.717, 1.165) is 32.0 Å². The van der Waals surface area contributed by atoms with Gasteiger partial charge in [-0.05, 0) is 43.0 Å². The van der Waals surface area contributed by atoms with E-state index in [1.807, 2.05) is 12.3 Å². The van der Waals surface area contributed by atoms with E-state index in [1.54, 1.807) is 6.20 Å². The van der Waals surface area contributed by atoms with Crippen molar-refractivity contribution in [3.05, 3.63) is 65.5 Å². The minimum Gasteiger partial charge on any atom is -0.357 e. The number of aromatic nitrogens is 1. The number of guanidine groups is 1. The lowest BCUT2D eigenvalue weighted by atomic mass is 10.1. The number of aliphatic imine (C=N–C) groups is 1. The van der Waals surface area contributed by atoms with Gasteiger partial charge in [0.25, 0.3) is 0 Å². The van der Waals surface area contributed by atoms with Crippen LogP contribution in [0.25, 0.3) is 0 Å². The van der Waals surface area contributed by atoms with Gasteiger partial charge < -0.3 is 10.2 Å². The number of halogens is 1. The third-order valence-electron chi connectivity index (χ3n) is 3.75. The molecule has 0 aliphatic carbocycles. The van der Waals surface area contributed by atoms with Crippen molar-refractivity contribution in [2.75, 3.05) is 20.1 Å². The molecule has 0 aliphatic rings. The summed E-state index contributed by atoms with van der Waals surface area (Å²) in [4.78, 5) is 11.1.